The van der Waals surface area contributed by atoms with Gasteiger partial charge in [-0.3, -0.25) is 19.3 Å². The highest BCUT2D eigenvalue weighted by molar-refractivity contribution is 9.11. The Morgan fingerprint density at radius 2 is 1.70 bits per heavy atom. The first-order chi connectivity index (χ1) is 19.0. The Bertz CT molecular complexity index is 1530. The van der Waals surface area contributed by atoms with Crippen molar-refractivity contribution in [3.63, 3.8) is 0 Å². The summed E-state index contributed by atoms with van der Waals surface area (Å²) in [7, 11) is 1.21. The zero-order valence-electron chi connectivity index (χ0n) is 20.5. The topological polar surface area (TPSA) is 102 Å². The van der Waals surface area contributed by atoms with Crippen molar-refractivity contribution in [2.24, 2.45) is 0 Å². The number of carbonyl (C=O) groups is 4. The third kappa shape index (κ3) is 7.27. The number of nitrogens with zero attached hydrogens (tertiary/aromatic N) is 1. The summed E-state index contributed by atoms with van der Waals surface area (Å²) >= 11 is 19.6. The number of thioether (sulfide) groups is 1. The van der Waals surface area contributed by atoms with Crippen molar-refractivity contribution >= 4 is 102 Å². The quantitative estimate of drug-likeness (QED) is 0.189. The number of halogens is 4. The van der Waals surface area contributed by atoms with Gasteiger partial charge in [0.2, 0.25) is 5.91 Å². The monoisotopic (exact) mass is 726 g/mol. The Balaban J connectivity index is 1.43. The summed E-state index contributed by atoms with van der Waals surface area (Å²) in [5.41, 5.74) is 1.88. The number of nitrogens with one attached hydrogen (secondary N) is 1. The van der Waals surface area contributed by atoms with E-state index < -0.39 is 29.6 Å². The summed E-state index contributed by atoms with van der Waals surface area (Å²) in [5, 5.41) is 2.76. The predicted octanol–water partition coefficient (Wildman–Crippen LogP) is 7.56. The molecule has 13 heteroatoms. The number of methoxy groups -OCH3 is 1. The third-order valence-corrected chi connectivity index (χ3v) is 8.11. The van der Waals surface area contributed by atoms with E-state index in [2.05, 4.69) is 41.9 Å². The van der Waals surface area contributed by atoms with Crippen molar-refractivity contribution in [2.45, 2.75) is 6.61 Å². The van der Waals surface area contributed by atoms with Crippen molar-refractivity contribution in [2.75, 3.05) is 19.0 Å². The van der Waals surface area contributed by atoms with E-state index in [1.807, 2.05) is 12.1 Å². The Kier molecular flexibility index (Phi) is 9.96. The molecule has 3 aromatic carbocycles. The van der Waals surface area contributed by atoms with Gasteiger partial charge in [0.05, 0.1) is 31.5 Å². The lowest BCUT2D eigenvalue weighted by molar-refractivity contribution is -0.127. The first kappa shape index (κ1) is 30.1. The minimum absolute atomic E-state index is 0.0646. The highest BCUT2D eigenvalue weighted by Crippen LogP contribution is 2.38. The fourth-order valence-electron chi connectivity index (χ4n) is 3.54. The van der Waals surface area contributed by atoms with Crippen LogP contribution in [0.3, 0.4) is 0 Å². The van der Waals surface area contributed by atoms with E-state index >= 15 is 0 Å². The highest BCUT2D eigenvalue weighted by Gasteiger charge is 2.36. The van der Waals surface area contributed by atoms with E-state index in [0.29, 0.717) is 31.9 Å². The van der Waals surface area contributed by atoms with Crippen LogP contribution < -0.4 is 10.1 Å². The summed E-state index contributed by atoms with van der Waals surface area (Å²) in [6.07, 6.45) is 1.56. The van der Waals surface area contributed by atoms with Crippen LogP contribution in [0.4, 0.5) is 10.5 Å². The maximum atomic E-state index is 13.0. The van der Waals surface area contributed by atoms with Crippen LogP contribution in [0.1, 0.15) is 21.5 Å². The van der Waals surface area contributed by atoms with Crippen LogP contribution >= 0.6 is 66.8 Å². The van der Waals surface area contributed by atoms with Gasteiger partial charge in [-0.15, -0.1) is 0 Å². The maximum absolute atomic E-state index is 13.0. The highest BCUT2D eigenvalue weighted by atomic mass is 79.9. The number of amides is 3. The molecule has 206 valence electrons. The Hall–Kier alpha value is -2.83. The minimum atomic E-state index is -0.670. The molecule has 0 aliphatic carbocycles. The van der Waals surface area contributed by atoms with Gasteiger partial charge in [0.1, 0.15) is 18.9 Å². The summed E-state index contributed by atoms with van der Waals surface area (Å²) in [5.74, 6) is -1.34. The zero-order chi connectivity index (χ0) is 29.0. The molecule has 0 unspecified atom stereocenters. The summed E-state index contributed by atoms with van der Waals surface area (Å²) in [4.78, 5) is 51.0. The summed E-state index contributed by atoms with van der Waals surface area (Å²) in [6.45, 7) is -0.197. The fourth-order valence-corrected chi connectivity index (χ4v) is 6.15. The van der Waals surface area contributed by atoms with Gasteiger partial charge in [-0.1, -0.05) is 35.3 Å². The molecule has 0 spiro atoms. The van der Waals surface area contributed by atoms with Crippen molar-refractivity contribution in [1.82, 2.24) is 4.90 Å². The number of esters is 1. The van der Waals surface area contributed by atoms with Crippen LogP contribution in [-0.2, 0) is 20.9 Å². The molecule has 0 radical (unpaired) electrons. The summed E-state index contributed by atoms with van der Waals surface area (Å²) in [6, 6.07) is 15.1. The first-order valence-electron chi connectivity index (χ1n) is 11.3. The molecule has 1 saturated heterocycles. The number of anilines is 1. The van der Waals surface area contributed by atoms with Crippen molar-refractivity contribution in [3.05, 3.63) is 95.2 Å². The van der Waals surface area contributed by atoms with E-state index in [0.717, 1.165) is 22.2 Å². The number of hydrogen-bond acceptors (Lipinski definition) is 7. The van der Waals surface area contributed by atoms with Gasteiger partial charge in [0.15, 0.2) is 0 Å². The lowest BCUT2D eigenvalue weighted by Gasteiger charge is -2.13. The molecular formula is C27H18Br2Cl2N2O6S. The van der Waals surface area contributed by atoms with Gasteiger partial charge in [-0.05, 0) is 103 Å². The molecule has 0 atom stereocenters. The van der Waals surface area contributed by atoms with E-state index in [-0.39, 0.29) is 21.2 Å². The molecule has 4 rings (SSSR count). The maximum Gasteiger partial charge on any atom is 0.339 e. The van der Waals surface area contributed by atoms with E-state index in [9.17, 15) is 19.2 Å². The molecule has 3 amide bonds. The van der Waals surface area contributed by atoms with Crippen LogP contribution in [0.2, 0.25) is 10.0 Å². The second-order valence-corrected chi connectivity index (χ2v) is 11.8. The first-order valence-corrected chi connectivity index (χ1v) is 14.5. The second-order valence-electron chi connectivity index (χ2n) is 8.23. The van der Waals surface area contributed by atoms with Crippen molar-refractivity contribution in [1.29, 1.82) is 0 Å². The van der Waals surface area contributed by atoms with Crippen molar-refractivity contribution < 1.29 is 28.7 Å². The molecule has 0 saturated carbocycles. The minimum Gasteiger partial charge on any atom is -0.487 e. The Morgan fingerprint density at radius 1 is 1.02 bits per heavy atom. The van der Waals surface area contributed by atoms with Crippen molar-refractivity contribution in [3.8, 4) is 5.75 Å². The Labute approximate surface area is 260 Å². The molecule has 1 aliphatic rings. The molecule has 8 nitrogen and oxygen atoms in total. The molecule has 1 aliphatic heterocycles. The van der Waals surface area contributed by atoms with Crippen LogP contribution in [0.5, 0.6) is 5.75 Å². The van der Waals surface area contributed by atoms with Gasteiger partial charge >= 0.3 is 5.97 Å². The number of hydrogen-bond donors (Lipinski definition) is 1. The number of ether oxygens (including phenoxy) is 2. The smallest absolute Gasteiger partial charge is 0.339 e. The average molecular weight is 729 g/mol. The second kappa shape index (κ2) is 13.2. The summed E-state index contributed by atoms with van der Waals surface area (Å²) < 4.78 is 11.9. The van der Waals surface area contributed by atoms with Gasteiger partial charge in [-0.2, -0.15) is 0 Å². The van der Waals surface area contributed by atoms with Crippen LogP contribution in [0.15, 0.2) is 68.4 Å². The van der Waals surface area contributed by atoms with Gasteiger partial charge in [0, 0.05) is 10.7 Å². The Morgan fingerprint density at radius 3 is 2.35 bits per heavy atom. The van der Waals surface area contributed by atoms with Gasteiger partial charge < -0.3 is 14.8 Å². The molecule has 1 heterocycles. The third-order valence-electron chi connectivity index (χ3n) is 5.45. The molecule has 0 bridgehead atoms. The van der Waals surface area contributed by atoms with E-state index in [4.69, 9.17) is 27.9 Å². The molecular weight excluding hydrogens is 711 g/mol. The molecule has 3 aromatic rings. The van der Waals surface area contributed by atoms with E-state index in [1.54, 1.807) is 30.3 Å². The number of benzene rings is 3. The zero-order valence-corrected chi connectivity index (χ0v) is 26.0. The molecule has 40 heavy (non-hydrogen) atoms. The SMILES string of the molecule is COC(=O)c1cc(NC(=O)CN2C(=O)S/C(=C/c3cc(Br)c(OCc4ccc(Cl)cc4)c(Br)c3)C2=O)ccc1Cl. The fraction of sp³-hybridized carbons (Fsp3) is 0.111. The van der Waals surface area contributed by atoms with Crippen LogP contribution in [-0.4, -0.2) is 41.6 Å². The van der Waals surface area contributed by atoms with Gasteiger partial charge in [0.25, 0.3) is 11.1 Å². The van der Waals surface area contributed by atoms with Crippen LogP contribution in [0.25, 0.3) is 6.08 Å². The number of rotatable bonds is 8. The molecule has 1 fully saturated rings. The molecule has 0 aromatic heterocycles. The standard InChI is InChI=1S/C27H18Br2Cl2N2O6S/c1-38-26(36)18-11-17(6-7-21(18)31)32-23(34)12-33-25(35)22(40-27(33)37)10-15-8-19(28)24(20(29)9-15)39-13-14-2-4-16(30)5-3-14/h2-11H,12-13H2,1H3,(H,32,34)/b22-10+. The lowest BCUT2D eigenvalue weighted by Crippen LogP contribution is -2.36. The number of imide groups is 1. The largest absolute Gasteiger partial charge is 0.487 e. The number of carbonyl (C=O) groups excluding carboxylic acids is 4. The average Bonchev–Trinajstić information content (AvgIpc) is 3.17. The predicted molar refractivity (Wildman–Crippen MR) is 162 cm³/mol. The van der Waals surface area contributed by atoms with Crippen LogP contribution in [0, 0.1) is 0 Å². The normalized spacial score (nSPS) is 14.0. The van der Waals surface area contributed by atoms with E-state index in [1.165, 1.54) is 25.3 Å². The van der Waals surface area contributed by atoms with Gasteiger partial charge in [-0.25, -0.2) is 4.79 Å². The lowest BCUT2D eigenvalue weighted by atomic mass is 10.2. The molecule has 1 N–H and O–H groups in total.